The van der Waals surface area contributed by atoms with Crippen molar-refractivity contribution >= 4 is 5.91 Å². The van der Waals surface area contributed by atoms with Crippen LogP contribution in [0.4, 0.5) is 0 Å². The molecule has 1 aliphatic heterocycles. The number of aliphatic hydroxyl groups excluding tert-OH is 1. The van der Waals surface area contributed by atoms with Crippen molar-refractivity contribution in [2.24, 2.45) is 5.92 Å². The first kappa shape index (κ1) is 17.6. The van der Waals surface area contributed by atoms with Crippen molar-refractivity contribution in [2.75, 3.05) is 19.6 Å². The summed E-state index contributed by atoms with van der Waals surface area (Å²) < 4.78 is 5.37. The Balaban J connectivity index is 1.78. The monoisotopic (exact) mass is 344 g/mol. The van der Waals surface area contributed by atoms with Gasteiger partial charge in [-0.05, 0) is 12.1 Å². The third-order valence-corrected chi connectivity index (χ3v) is 4.33. The Morgan fingerprint density at radius 3 is 2.76 bits per heavy atom. The van der Waals surface area contributed by atoms with Gasteiger partial charge in [0.15, 0.2) is 5.82 Å². The molecule has 0 spiro atoms. The molecule has 3 N–H and O–H groups in total. The molecule has 0 bridgehead atoms. The number of nitrogens with zero attached hydrogens (tertiary/aromatic N) is 2. The molecule has 1 aromatic carbocycles. The maximum Gasteiger partial charge on any atom is 0.258 e. The number of benzene rings is 1. The molecule has 1 aromatic heterocycles. The highest BCUT2D eigenvalue weighted by Crippen LogP contribution is 2.26. The van der Waals surface area contributed by atoms with Gasteiger partial charge in [-0.2, -0.15) is 4.98 Å². The zero-order chi connectivity index (χ0) is 18.0. The fourth-order valence-electron chi connectivity index (χ4n) is 2.75. The summed E-state index contributed by atoms with van der Waals surface area (Å²) in [6.45, 7) is 7.68. The van der Waals surface area contributed by atoms with Gasteiger partial charge in [-0.25, -0.2) is 0 Å². The third-order valence-electron chi connectivity index (χ3n) is 4.33. The second kappa shape index (κ2) is 6.93. The van der Waals surface area contributed by atoms with E-state index in [1.807, 2.05) is 26.8 Å². The molecule has 0 saturated carbocycles. The predicted octanol–water partition coefficient (Wildman–Crippen LogP) is 1.34. The lowest BCUT2D eigenvalue weighted by atomic mass is 9.96. The molecule has 2 aromatic rings. The molecule has 3 rings (SSSR count). The molecular weight excluding hydrogens is 320 g/mol. The largest absolute Gasteiger partial charge is 0.391 e. The number of hydrogen-bond donors (Lipinski definition) is 3. The minimum atomic E-state index is -0.430. The minimum Gasteiger partial charge on any atom is -0.391 e. The second-order valence-electron chi connectivity index (χ2n) is 7.41. The van der Waals surface area contributed by atoms with E-state index < -0.39 is 6.10 Å². The summed E-state index contributed by atoms with van der Waals surface area (Å²) in [6, 6.07) is 7.15. The van der Waals surface area contributed by atoms with Crippen LogP contribution in [-0.2, 0) is 5.41 Å². The molecule has 2 unspecified atom stereocenters. The molecule has 7 nitrogen and oxygen atoms in total. The Morgan fingerprint density at radius 2 is 2.12 bits per heavy atom. The lowest BCUT2D eigenvalue weighted by Gasteiger charge is -2.14. The summed E-state index contributed by atoms with van der Waals surface area (Å²) in [6.07, 6.45) is -0.430. The molecule has 1 aliphatic rings. The number of hydrogen-bond acceptors (Lipinski definition) is 6. The first-order valence-electron chi connectivity index (χ1n) is 8.47. The molecule has 134 valence electrons. The van der Waals surface area contributed by atoms with Crippen molar-refractivity contribution in [1.82, 2.24) is 20.8 Å². The fourth-order valence-corrected chi connectivity index (χ4v) is 2.75. The number of β-amino-alcohol motifs (C(OH)–C–C–N with tert-alkyl or cyclic N) is 1. The fraction of sp³-hybridized carbons (Fsp3) is 0.500. The Morgan fingerprint density at radius 1 is 1.36 bits per heavy atom. The van der Waals surface area contributed by atoms with Crippen molar-refractivity contribution in [3.8, 4) is 11.5 Å². The molecule has 25 heavy (non-hydrogen) atoms. The second-order valence-corrected chi connectivity index (χ2v) is 7.41. The van der Waals surface area contributed by atoms with E-state index in [2.05, 4.69) is 20.8 Å². The third kappa shape index (κ3) is 3.88. The number of nitrogens with one attached hydrogen (secondary N) is 2. The van der Waals surface area contributed by atoms with E-state index >= 15 is 0 Å². The van der Waals surface area contributed by atoms with Crippen LogP contribution >= 0.6 is 0 Å². The number of rotatable bonds is 4. The number of carbonyl (C=O) groups is 1. The molecule has 2 atom stereocenters. The van der Waals surface area contributed by atoms with Crippen molar-refractivity contribution in [1.29, 1.82) is 0 Å². The molecule has 1 amide bonds. The molecule has 2 heterocycles. The molecule has 1 fully saturated rings. The Labute approximate surface area is 146 Å². The van der Waals surface area contributed by atoms with Gasteiger partial charge in [0.2, 0.25) is 0 Å². The molecule has 1 saturated heterocycles. The van der Waals surface area contributed by atoms with Gasteiger partial charge in [0.25, 0.3) is 11.8 Å². The number of carbonyl (C=O) groups excluding carboxylic acids is 1. The van der Waals surface area contributed by atoms with Gasteiger partial charge in [-0.1, -0.05) is 38.1 Å². The van der Waals surface area contributed by atoms with Crippen LogP contribution in [0.15, 0.2) is 28.8 Å². The smallest absolute Gasteiger partial charge is 0.258 e. The topological polar surface area (TPSA) is 100 Å². The van der Waals surface area contributed by atoms with Gasteiger partial charge in [0.1, 0.15) is 0 Å². The number of aliphatic hydroxyl groups is 1. The van der Waals surface area contributed by atoms with Gasteiger partial charge in [-0.3, -0.25) is 4.79 Å². The van der Waals surface area contributed by atoms with E-state index in [1.165, 1.54) is 0 Å². The van der Waals surface area contributed by atoms with E-state index in [0.29, 0.717) is 42.5 Å². The van der Waals surface area contributed by atoms with Gasteiger partial charge >= 0.3 is 0 Å². The lowest BCUT2D eigenvalue weighted by molar-refractivity contribution is 0.0927. The van der Waals surface area contributed by atoms with Gasteiger partial charge in [0, 0.05) is 31.0 Å². The molecule has 7 heteroatoms. The summed E-state index contributed by atoms with van der Waals surface area (Å²) >= 11 is 0. The van der Waals surface area contributed by atoms with Crippen molar-refractivity contribution in [2.45, 2.75) is 32.3 Å². The summed E-state index contributed by atoms with van der Waals surface area (Å²) in [5, 5.41) is 19.9. The van der Waals surface area contributed by atoms with E-state index in [4.69, 9.17) is 4.52 Å². The van der Waals surface area contributed by atoms with Gasteiger partial charge < -0.3 is 20.3 Å². The van der Waals surface area contributed by atoms with E-state index in [9.17, 15) is 9.90 Å². The Hall–Kier alpha value is -2.25. The Kier molecular flexibility index (Phi) is 4.87. The predicted molar refractivity (Wildman–Crippen MR) is 93.1 cm³/mol. The SMILES string of the molecule is CC(C)(C)c1noc(-c2ccccc2C(=O)NCC2CNCC2O)n1. The molecular formula is C18H24N4O3. The van der Waals surface area contributed by atoms with E-state index in [1.54, 1.807) is 18.2 Å². The van der Waals surface area contributed by atoms with Gasteiger partial charge in [0.05, 0.1) is 17.2 Å². The van der Waals surface area contributed by atoms with Crippen molar-refractivity contribution < 1.29 is 14.4 Å². The summed E-state index contributed by atoms with van der Waals surface area (Å²) in [4.78, 5) is 17.0. The number of amides is 1. The van der Waals surface area contributed by atoms with Crippen LogP contribution in [0.25, 0.3) is 11.5 Å². The van der Waals surface area contributed by atoms with Crippen LogP contribution < -0.4 is 10.6 Å². The molecule has 0 radical (unpaired) electrons. The maximum atomic E-state index is 12.6. The van der Waals surface area contributed by atoms with E-state index in [-0.39, 0.29) is 17.2 Å². The minimum absolute atomic E-state index is 0.0204. The standard InChI is InChI=1S/C18H24N4O3/c1-18(2,3)17-21-16(25-22-17)13-7-5-4-6-12(13)15(24)20-9-11-8-19-10-14(11)23/h4-7,11,14,19,23H,8-10H2,1-3H3,(H,20,24). The average Bonchev–Trinajstić information content (AvgIpc) is 3.21. The van der Waals surface area contributed by atoms with Crippen LogP contribution in [0.3, 0.4) is 0 Å². The first-order chi connectivity index (χ1) is 11.9. The van der Waals surface area contributed by atoms with Crippen molar-refractivity contribution in [3.63, 3.8) is 0 Å². The van der Waals surface area contributed by atoms with Gasteiger partial charge in [-0.15, -0.1) is 0 Å². The van der Waals surface area contributed by atoms with Crippen LogP contribution in [0, 0.1) is 5.92 Å². The highest BCUT2D eigenvalue weighted by atomic mass is 16.5. The highest BCUT2D eigenvalue weighted by molar-refractivity contribution is 5.99. The normalized spacial score (nSPS) is 20.6. The average molecular weight is 344 g/mol. The Bertz CT molecular complexity index is 751. The van der Waals surface area contributed by atoms with Crippen LogP contribution in [-0.4, -0.2) is 46.9 Å². The van der Waals surface area contributed by atoms with Crippen molar-refractivity contribution in [3.05, 3.63) is 35.7 Å². The first-order valence-corrected chi connectivity index (χ1v) is 8.47. The maximum absolute atomic E-state index is 12.6. The van der Waals surface area contributed by atoms with Crippen LogP contribution in [0.2, 0.25) is 0 Å². The summed E-state index contributed by atoms with van der Waals surface area (Å²) in [7, 11) is 0. The van der Waals surface area contributed by atoms with Crippen LogP contribution in [0.5, 0.6) is 0 Å². The quantitative estimate of drug-likeness (QED) is 0.774. The lowest BCUT2D eigenvalue weighted by Crippen LogP contribution is -2.34. The van der Waals surface area contributed by atoms with E-state index in [0.717, 1.165) is 0 Å². The molecule has 0 aliphatic carbocycles. The zero-order valence-corrected chi connectivity index (χ0v) is 14.7. The summed E-state index contributed by atoms with van der Waals surface area (Å²) in [5.74, 6) is 0.730. The summed E-state index contributed by atoms with van der Waals surface area (Å²) in [5.41, 5.74) is 0.852. The van der Waals surface area contributed by atoms with Crippen LogP contribution in [0.1, 0.15) is 37.0 Å². The number of aromatic nitrogens is 2. The highest BCUT2D eigenvalue weighted by Gasteiger charge is 2.26. The zero-order valence-electron chi connectivity index (χ0n) is 14.7.